The maximum atomic E-state index is 11.3. The lowest BCUT2D eigenvalue weighted by Crippen LogP contribution is -1.98. The molecule has 0 aliphatic carbocycles. The molecule has 1 N–H and O–H groups in total. The Morgan fingerprint density at radius 2 is 1.75 bits per heavy atom. The van der Waals surface area contributed by atoms with Crippen molar-refractivity contribution < 1.29 is 9.90 Å². The van der Waals surface area contributed by atoms with Gasteiger partial charge in [0.2, 0.25) is 0 Å². The standard InChI is InChI=1S/C16H10ClNO2/c17-14-6-3-9-18-15(14)12-7-8-13(16(19)20)11-5-2-1-4-10(11)12/h1-9H,(H,19,20). The number of carboxylic acid groups (broad SMARTS) is 1. The largest absolute Gasteiger partial charge is 0.478 e. The number of halogens is 1. The van der Waals surface area contributed by atoms with Crippen molar-refractivity contribution in [2.45, 2.75) is 0 Å². The van der Waals surface area contributed by atoms with Gasteiger partial charge in [-0.2, -0.15) is 0 Å². The summed E-state index contributed by atoms with van der Waals surface area (Å²) in [6.07, 6.45) is 1.67. The molecule has 0 atom stereocenters. The molecule has 0 spiro atoms. The summed E-state index contributed by atoms with van der Waals surface area (Å²) in [7, 11) is 0. The number of rotatable bonds is 2. The van der Waals surface area contributed by atoms with E-state index in [1.165, 1.54) is 0 Å². The van der Waals surface area contributed by atoms with Crippen LogP contribution in [0.1, 0.15) is 10.4 Å². The van der Waals surface area contributed by atoms with Crippen LogP contribution in [0, 0.1) is 0 Å². The van der Waals surface area contributed by atoms with E-state index in [0.717, 1.165) is 10.9 Å². The van der Waals surface area contributed by atoms with Crippen LogP contribution in [0.3, 0.4) is 0 Å². The summed E-state index contributed by atoms with van der Waals surface area (Å²) in [6, 6.07) is 14.2. The number of nitrogens with zero attached hydrogens (tertiary/aromatic N) is 1. The lowest BCUT2D eigenvalue weighted by molar-refractivity contribution is 0.0699. The Hall–Kier alpha value is -2.39. The van der Waals surface area contributed by atoms with Gasteiger partial charge < -0.3 is 5.11 Å². The Bertz CT molecular complexity index is 814. The van der Waals surface area contributed by atoms with Crippen molar-refractivity contribution in [3.63, 3.8) is 0 Å². The minimum Gasteiger partial charge on any atom is -0.478 e. The molecule has 1 aromatic heterocycles. The highest BCUT2D eigenvalue weighted by atomic mass is 35.5. The van der Waals surface area contributed by atoms with Gasteiger partial charge in [-0.15, -0.1) is 0 Å². The summed E-state index contributed by atoms with van der Waals surface area (Å²) < 4.78 is 0. The molecule has 0 aliphatic rings. The van der Waals surface area contributed by atoms with Gasteiger partial charge >= 0.3 is 5.97 Å². The number of fused-ring (bicyclic) bond motifs is 1. The second-order valence-electron chi connectivity index (χ2n) is 4.35. The molecule has 3 nitrogen and oxygen atoms in total. The number of aromatic nitrogens is 1. The average Bonchev–Trinajstić information content (AvgIpc) is 2.46. The molecule has 0 unspecified atom stereocenters. The third-order valence-electron chi connectivity index (χ3n) is 3.17. The fourth-order valence-corrected chi connectivity index (χ4v) is 2.50. The molecule has 20 heavy (non-hydrogen) atoms. The summed E-state index contributed by atoms with van der Waals surface area (Å²) in [4.78, 5) is 15.6. The molecule has 0 saturated carbocycles. The number of aromatic carboxylic acids is 1. The van der Waals surface area contributed by atoms with Gasteiger partial charge in [0.15, 0.2) is 0 Å². The quantitative estimate of drug-likeness (QED) is 0.765. The van der Waals surface area contributed by atoms with Crippen molar-refractivity contribution in [1.82, 2.24) is 4.98 Å². The lowest BCUT2D eigenvalue weighted by Gasteiger charge is -2.09. The number of carbonyl (C=O) groups is 1. The van der Waals surface area contributed by atoms with E-state index in [2.05, 4.69) is 4.98 Å². The zero-order valence-electron chi connectivity index (χ0n) is 10.4. The first kappa shape index (κ1) is 12.6. The van der Waals surface area contributed by atoms with Gasteiger partial charge in [-0.25, -0.2) is 4.79 Å². The van der Waals surface area contributed by atoms with E-state index >= 15 is 0 Å². The highest BCUT2D eigenvalue weighted by Gasteiger charge is 2.14. The lowest BCUT2D eigenvalue weighted by atomic mass is 9.97. The molecule has 0 saturated heterocycles. The third kappa shape index (κ3) is 2.02. The summed E-state index contributed by atoms with van der Waals surface area (Å²) in [5, 5.41) is 11.3. The van der Waals surface area contributed by atoms with Crippen LogP contribution in [0.2, 0.25) is 5.02 Å². The third-order valence-corrected chi connectivity index (χ3v) is 3.47. The van der Waals surface area contributed by atoms with Crippen molar-refractivity contribution >= 4 is 28.3 Å². The van der Waals surface area contributed by atoms with Crippen molar-refractivity contribution in [3.05, 3.63) is 65.3 Å². The van der Waals surface area contributed by atoms with E-state index in [-0.39, 0.29) is 5.56 Å². The molecular formula is C16H10ClNO2. The van der Waals surface area contributed by atoms with Crippen LogP contribution in [0.5, 0.6) is 0 Å². The molecule has 98 valence electrons. The van der Waals surface area contributed by atoms with Crippen molar-refractivity contribution in [3.8, 4) is 11.3 Å². The van der Waals surface area contributed by atoms with E-state index in [4.69, 9.17) is 11.6 Å². The zero-order chi connectivity index (χ0) is 14.1. The Kier molecular flexibility index (Phi) is 3.12. The Morgan fingerprint density at radius 1 is 1.00 bits per heavy atom. The SMILES string of the molecule is O=C(O)c1ccc(-c2ncccc2Cl)c2ccccc12. The predicted octanol–water partition coefficient (Wildman–Crippen LogP) is 4.25. The summed E-state index contributed by atoms with van der Waals surface area (Å²) in [5.74, 6) is -0.945. The first-order valence-electron chi connectivity index (χ1n) is 6.04. The van der Waals surface area contributed by atoms with Gasteiger partial charge in [-0.05, 0) is 29.0 Å². The topological polar surface area (TPSA) is 50.2 Å². The number of benzene rings is 2. The van der Waals surface area contributed by atoms with Crippen molar-refractivity contribution in [2.75, 3.05) is 0 Å². The molecule has 2 aromatic carbocycles. The highest BCUT2D eigenvalue weighted by Crippen LogP contribution is 2.33. The molecule has 0 fully saturated rings. The number of hydrogen-bond acceptors (Lipinski definition) is 2. The molecular weight excluding hydrogens is 274 g/mol. The van der Waals surface area contributed by atoms with Crippen LogP contribution in [-0.4, -0.2) is 16.1 Å². The number of pyridine rings is 1. The first-order chi connectivity index (χ1) is 9.68. The molecule has 3 rings (SSSR count). The highest BCUT2D eigenvalue weighted by molar-refractivity contribution is 6.33. The molecule has 1 heterocycles. The first-order valence-corrected chi connectivity index (χ1v) is 6.42. The average molecular weight is 284 g/mol. The maximum Gasteiger partial charge on any atom is 0.336 e. The molecule has 3 aromatic rings. The second kappa shape index (κ2) is 4.94. The summed E-state index contributed by atoms with van der Waals surface area (Å²) in [6.45, 7) is 0. The Morgan fingerprint density at radius 3 is 2.45 bits per heavy atom. The fraction of sp³-hybridized carbons (Fsp3) is 0. The van der Waals surface area contributed by atoms with Gasteiger partial charge in [0.25, 0.3) is 0 Å². The normalized spacial score (nSPS) is 10.7. The van der Waals surface area contributed by atoms with Crippen LogP contribution in [0.25, 0.3) is 22.0 Å². The smallest absolute Gasteiger partial charge is 0.336 e. The van der Waals surface area contributed by atoms with Gasteiger partial charge in [0, 0.05) is 11.8 Å². The van der Waals surface area contributed by atoms with Crippen molar-refractivity contribution in [2.24, 2.45) is 0 Å². The van der Waals surface area contributed by atoms with E-state index in [1.54, 1.807) is 36.5 Å². The van der Waals surface area contributed by atoms with Gasteiger partial charge in [0.1, 0.15) is 0 Å². The molecule has 0 radical (unpaired) electrons. The Balaban J connectivity index is 2.37. The summed E-state index contributed by atoms with van der Waals surface area (Å²) >= 11 is 6.18. The summed E-state index contributed by atoms with van der Waals surface area (Å²) in [5.41, 5.74) is 1.76. The van der Waals surface area contributed by atoms with Crippen LogP contribution < -0.4 is 0 Å². The second-order valence-corrected chi connectivity index (χ2v) is 4.75. The number of carboxylic acids is 1. The van der Waals surface area contributed by atoms with Crippen LogP contribution >= 0.6 is 11.6 Å². The van der Waals surface area contributed by atoms with Crippen LogP contribution in [0.4, 0.5) is 0 Å². The van der Waals surface area contributed by atoms with E-state index in [9.17, 15) is 9.90 Å². The van der Waals surface area contributed by atoms with E-state index in [1.807, 2.05) is 18.2 Å². The van der Waals surface area contributed by atoms with Crippen LogP contribution in [0.15, 0.2) is 54.7 Å². The maximum absolute atomic E-state index is 11.3. The van der Waals surface area contributed by atoms with E-state index in [0.29, 0.717) is 16.1 Å². The van der Waals surface area contributed by atoms with E-state index < -0.39 is 5.97 Å². The van der Waals surface area contributed by atoms with Gasteiger partial charge in [-0.1, -0.05) is 41.9 Å². The van der Waals surface area contributed by atoms with Gasteiger partial charge in [0.05, 0.1) is 16.3 Å². The monoisotopic (exact) mass is 283 g/mol. The minimum atomic E-state index is -0.945. The zero-order valence-corrected chi connectivity index (χ0v) is 11.1. The van der Waals surface area contributed by atoms with Crippen LogP contribution in [-0.2, 0) is 0 Å². The fourth-order valence-electron chi connectivity index (χ4n) is 2.28. The van der Waals surface area contributed by atoms with Gasteiger partial charge in [-0.3, -0.25) is 4.98 Å². The molecule has 0 amide bonds. The molecule has 0 bridgehead atoms. The molecule has 4 heteroatoms. The Labute approximate surface area is 120 Å². The van der Waals surface area contributed by atoms with Crippen molar-refractivity contribution in [1.29, 1.82) is 0 Å². The predicted molar refractivity (Wildman–Crippen MR) is 79.1 cm³/mol. The molecule has 0 aliphatic heterocycles. The minimum absolute atomic E-state index is 0.274. The number of hydrogen-bond donors (Lipinski definition) is 1.